The Bertz CT molecular complexity index is 297. The van der Waals surface area contributed by atoms with Crippen LogP contribution in [0.3, 0.4) is 0 Å². The van der Waals surface area contributed by atoms with Crippen molar-refractivity contribution in [1.82, 2.24) is 4.90 Å². The first-order chi connectivity index (χ1) is 8.20. The lowest BCUT2D eigenvalue weighted by atomic mass is 9.87. The van der Waals surface area contributed by atoms with Gasteiger partial charge in [0.2, 0.25) is 5.91 Å². The fourth-order valence-electron chi connectivity index (χ4n) is 3.04. The lowest BCUT2D eigenvalue weighted by Gasteiger charge is -2.36. The molecule has 17 heavy (non-hydrogen) atoms. The van der Waals surface area contributed by atoms with Gasteiger partial charge in [-0.25, -0.2) is 4.79 Å². The molecule has 0 radical (unpaired) electrons. The van der Waals surface area contributed by atoms with Gasteiger partial charge < -0.3 is 10.0 Å². The van der Waals surface area contributed by atoms with Gasteiger partial charge in [0.15, 0.2) is 0 Å². The highest BCUT2D eigenvalue weighted by atomic mass is 16.4. The monoisotopic (exact) mass is 239 g/mol. The lowest BCUT2D eigenvalue weighted by molar-refractivity contribution is -0.154. The summed E-state index contributed by atoms with van der Waals surface area (Å²) in [5.41, 5.74) is 0. The predicted molar refractivity (Wildman–Crippen MR) is 63.6 cm³/mol. The summed E-state index contributed by atoms with van der Waals surface area (Å²) in [5.74, 6) is -0.658. The van der Waals surface area contributed by atoms with Crippen molar-refractivity contribution in [3.8, 4) is 0 Å². The zero-order chi connectivity index (χ0) is 12.3. The summed E-state index contributed by atoms with van der Waals surface area (Å²) in [4.78, 5) is 25.1. The average molecular weight is 239 g/mol. The minimum atomic E-state index is -0.839. The Morgan fingerprint density at radius 3 is 2.24 bits per heavy atom. The fraction of sp³-hybridized carbons (Fsp3) is 0.846. The minimum Gasteiger partial charge on any atom is -0.480 e. The number of hydrogen-bond donors (Lipinski definition) is 1. The quantitative estimate of drug-likeness (QED) is 0.802. The molecule has 1 amide bonds. The maximum Gasteiger partial charge on any atom is 0.326 e. The van der Waals surface area contributed by atoms with Crippen LogP contribution in [-0.4, -0.2) is 34.5 Å². The van der Waals surface area contributed by atoms with E-state index in [9.17, 15) is 9.59 Å². The number of rotatable bonds is 2. The highest BCUT2D eigenvalue weighted by Crippen LogP contribution is 2.28. The van der Waals surface area contributed by atoms with Gasteiger partial charge in [-0.3, -0.25) is 4.79 Å². The molecule has 0 aromatic carbocycles. The molecular formula is C13H21NO3. The van der Waals surface area contributed by atoms with Crippen LogP contribution in [0.4, 0.5) is 0 Å². The first kappa shape index (κ1) is 12.4. The number of amides is 1. The van der Waals surface area contributed by atoms with Crippen LogP contribution in [-0.2, 0) is 9.59 Å². The molecule has 1 saturated heterocycles. The van der Waals surface area contributed by atoms with E-state index in [1.807, 2.05) is 0 Å². The Balaban J connectivity index is 2.02. The maximum absolute atomic E-state index is 12.3. The van der Waals surface area contributed by atoms with E-state index in [2.05, 4.69) is 0 Å². The van der Waals surface area contributed by atoms with Crippen molar-refractivity contribution in [2.45, 2.75) is 57.4 Å². The van der Waals surface area contributed by atoms with E-state index in [-0.39, 0.29) is 11.8 Å². The van der Waals surface area contributed by atoms with Crippen molar-refractivity contribution in [1.29, 1.82) is 0 Å². The van der Waals surface area contributed by atoms with Crippen LogP contribution in [0.1, 0.15) is 51.4 Å². The Kier molecular flexibility index (Phi) is 4.02. The fourth-order valence-corrected chi connectivity index (χ4v) is 3.04. The second kappa shape index (κ2) is 5.52. The molecule has 1 heterocycles. The molecule has 0 aromatic heterocycles. The van der Waals surface area contributed by atoms with Crippen molar-refractivity contribution in [2.24, 2.45) is 5.92 Å². The zero-order valence-electron chi connectivity index (χ0n) is 10.2. The molecule has 0 unspecified atom stereocenters. The Hall–Kier alpha value is -1.06. The van der Waals surface area contributed by atoms with E-state index in [4.69, 9.17) is 5.11 Å². The normalized spacial score (nSPS) is 26.8. The summed E-state index contributed by atoms with van der Waals surface area (Å²) in [6, 6.07) is -0.571. The van der Waals surface area contributed by atoms with Crippen molar-refractivity contribution in [3.63, 3.8) is 0 Å². The third-order valence-electron chi connectivity index (χ3n) is 4.03. The molecule has 1 aliphatic carbocycles. The van der Waals surface area contributed by atoms with Crippen LogP contribution >= 0.6 is 0 Å². The molecule has 1 N–H and O–H groups in total. The molecule has 0 aromatic rings. The van der Waals surface area contributed by atoms with Crippen molar-refractivity contribution < 1.29 is 14.7 Å². The predicted octanol–water partition coefficient (Wildman–Crippen LogP) is 2.03. The van der Waals surface area contributed by atoms with Crippen LogP contribution in [0, 0.1) is 5.92 Å². The van der Waals surface area contributed by atoms with Gasteiger partial charge in [-0.2, -0.15) is 0 Å². The smallest absolute Gasteiger partial charge is 0.326 e. The van der Waals surface area contributed by atoms with Crippen molar-refractivity contribution in [3.05, 3.63) is 0 Å². The van der Waals surface area contributed by atoms with Crippen LogP contribution in [0.5, 0.6) is 0 Å². The van der Waals surface area contributed by atoms with E-state index in [1.54, 1.807) is 4.90 Å². The van der Waals surface area contributed by atoms with Crippen molar-refractivity contribution >= 4 is 11.9 Å². The van der Waals surface area contributed by atoms with Gasteiger partial charge in [0, 0.05) is 12.5 Å². The molecular weight excluding hydrogens is 218 g/mol. The number of likely N-dealkylation sites (tertiary alicyclic amines) is 1. The number of aliphatic carboxylic acids is 1. The minimum absolute atomic E-state index is 0.0868. The molecule has 2 rings (SSSR count). The van der Waals surface area contributed by atoms with Crippen LogP contribution in [0.2, 0.25) is 0 Å². The van der Waals surface area contributed by atoms with Crippen molar-refractivity contribution in [2.75, 3.05) is 6.54 Å². The highest BCUT2D eigenvalue weighted by molar-refractivity contribution is 5.85. The maximum atomic E-state index is 12.3. The molecule has 2 fully saturated rings. The molecule has 1 atom stereocenters. The van der Waals surface area contributed by atoms with Gasteiger partial charge in [-0.05, 0) is 32.1 Å². The van der Waals surface area contributed by atoms with Crippen LogP contribution in [0.25, 0.3) is 0 Å². The summed E-state index contributed by atoms with van der Waals surface area (Å²) in [5, 5.41) is 9.16. The molecule has 96 valence electrons. The van der Waals surface area contributed by atoms with E-state index < -0.39 is 12.0 Å². The third kappa shape index (κ3) is 2.79. The van der Waals surface area contributed by atoms with Crippen LogP contribution < -0.4 is 0 Å². The Labute approximate surface area is 102 Å². The zero-order valence-corrected chi connectivity index (χ0v) is 10.2. The summed E-state index contributed by atoms with van der Waals surface area (Å²) in [6.45, 7) is 0.631. The molecule has 4 nitrogen and oxygen atoms in total. The van der Waals surface area contributed by atoms with E-state index in [0.29, 0.717) is 13.0 Å². The SMILES string of the molecule is O=C(O)[C@@H]1CCCCN1C(=O)C1CCCCC1. The summed E-state index contributed by atoms with van der Waals surface area (Å²) in [7, 11) is 0. The summed E-state index contributed by atoms with van der Waals surface area (Å²) in [6.07, 6.45) is 7.82. The van der Waals surface area contributed by atoms with E-state index in [1.165, 1.54) is 6.42 Å². The van der Waals surface area contributed by atoms with Gasteiger partial charge in [-0.1, -0.05) is 19.3 Å². The largest absolute Gasteiger partial charge is 0.480 e. The molecule has 1 aliphatic heterocycles. The lowest BCUT2D eigenvalue weighted by Crippen LogP contribution is -2.50. The van der Waals surface area contributed by atoms with Gasteiger partial charge in [0.05, 0.1) is 0 Å². The molecule has 0 spiro atoms. The van der Waals surface area contributed by atoms with Crippen LogP contribution in [0.15, 0.2) is 0 Å². The van der Waals surface area contributed by atoms with E-state index in [0.717, 1.165) is 38.5 Å². The van der Waals surface area contributed by atoms with Gasteiger partial charge in [0.1, 0.15) is 6.04 Å². The summed E-state index contributed by atoms with van der Waals surface area (Å²) < 4.78 is 0. The topological polar surface area (TPSA) is 57.6 Å². The molecule has 2 aliphatic rings. The Morgan fingerprint density at radius 1 is 0.941 bits per heavy atom. The van der Waals surface area contributed by atoms with Gasteiger partial charge in [0.25, 0.3) is 0 Å². The highest BCUT2D eigenvalue weighted by Gasteiger charge is 2.35. The number of carbonyl (C=O) groups is 2. The van der Waals surface area contributed by atoms with Gasteiger partial charge >= 0.3 is 5.97 Å². The number of carboxylic acid groups (broad SMARTS) is 1. The molecule has 0 bridgehead atoms. The van der Waals surface area contributed by atoms with Gasteiger partial charge in [-0.15, -0.1) is 0 Å². The number of nitrogens with zero attached hydrogens (tertiary/aromatic N) is 1. The third-order valence-corrected chi connectivity index (χ3v) is 4.03. The number of carbonyl (C=O) groups excluding carboxylic acids is 1. The molecule has 1 saturated carbocycles. The summed E-state index contributed by atoms with van der Waals surface area (Å²) >= 11 is 0. The molecule has 4 heteroatoms. The number of carboxylic acids is 1. The second-order valence-electron chi connectivity index (χ2n) is 5.22. The average Bonchev–Trinajstić information content (AvgIpc) is 2.39. The standard InChI is InChI=1S/C13H21NO3/c15-12(10-6-2-1-3-7-10)14-9-5-4-8-11(14)13(16)17/h10-11H,1-9H2,(H,16,17)/t11-/m0/s1. The van der Waals surface area contributed by atoms with E-state index >= 15 is 0 Å². The Morgan fingerprint density at radius 2 is 1.59 bits per heavy atom. The second-order valence-corrected chi connectivity index (χ2v) is 5.22. The first-order valence-electron chi connectivity index (χ1n) is 6.73. The number of hydrogen-bond acceptors (Lipinski definition) is 2. The number of piperidine rings is 1. The first-order valence-corrected chi connectivity index (χ1v) is 6.73.